The number of hydrogen-bond acceptors (Lipinski definition) is 1. The first-order valence-corrected chi connectivity index (χ1v) is 6.32. The summed E-state index contributed by atoms with van der Waals surface area (Å²) in [7, 11) is 0. The summed E-state index contributed by atoms with van der Waals surface area (Å²) >= 11 is 0. The minimum Gasteiger partial charge on any atom is -0.383 e. The van der Waals surface area contributed by atoms with Gasteiger partial charge in [0.05, 0.1) is 5.69 Å². The third kappa shape index (κ3) is 2.38. The van der Waals surface area contributed by atoms with Gasteiger partial charge in [0.2, 0.25) is 0 Å². The van der Waals surface area contributed by atoms with Gasteiger partial charge in [-0.15, -0.1) is 0 Å². The Labute approximate surface area is 116 Å². The molecule has 0 radical (unpaired) electrons. The molecule has 0 aromatic heterocycles. The van der Waals surface area contributed by atoms with Crippen LogP contribution >= 0.6 is 0 Å². The van der Waals surface area contributed by atoms with Crippen molar-refractivity contribution < 1.29 is 4.39 Å². The lowest BCUT2D eigenvalue weighted by Crippen LogP contribution is -2.12. The predicted molar refractivity (Wildman–Crippen MR) is 80.7 cm³/mol. The number of benzene rings is 3. The molecule has 0 amide bonds. The van der Waals surface area contributed by atoms with Gasteiger partial charge in [-0.25, -0.2) is 9.38 Å². The van der Waals surface area contributed by atoms with E-state index in [1.807, 2.05) is 42.5 Å². The van der Waals surface area contributed by atoms with Gasteiger partial charge in [0, 0.05) is 10.9 Å². The molecule has 0 heterocycles. The maximum absolute atomic E-state index is 12.9. The second kappa shape index (κ2) is 5.13. The highest BCUT2D eigenvalue weighted by Crippen LogP contribution is 2.25. The molecule has 0 spiro atoms. The fraction of sp³-hybridized carbons (Fsp3) is 0. The first-order chi connectivity index (χ1) is 9.74. The molecule has 0 bridgehead atoms. The number of fused-ring (bicyclic) bond motifs is 1. The van der Waals surface area contributed by atoms with Crippen molar-refractivity contribution in [2.45, 2.75) is 0 Å². The summed E-state index contributed by atoms with van der Waals surface area (Å²) in [4.78, 5) is 4.46. The highest BCUT2D eigenvalue weighted by molar-refractivity contribution is 6.02. The SMILES string of the molecule is NC(=Nc1cccc2ccccc12)c1ccc(F)cc1. The number of rotatable bonds is 2. The molecule has 3 aromatic rings. The van der Waals surface area contributed by atoms with Crippen molar-refractivity contribution >= 4 is 22.3 Å². The van der Waals surface area contributed by atoms with Crippen molar-refractivity contribution in [1.82, 2.24) is 0 Å². The molecular formula is C17H13FN2. The monoisotopic (exact) mass is 264 g/mol. The summed E-state index contributed by atoms with van der Waals surface area (Å²) < 4.78 is 12.9. The van der Waals surface area contributed by atoms with Crippen LogP contribution in [0, 0.1) is 5.82 Å². The zero-order valence-electron chi connectivity index (χ0n) is 10.8. The summed E-state index contributed by atoms with van der Waals surface area (Å²) in [6.07, 6.45) is 0. The summed E-state index contributed by atoms with van der Waals surface area (Å²) in [5, 5.41) is 2.15. The van der Waals surface area contributed by atoms with Gasteiger partial charge in [0.1, 0.15) is 11.7 Å². The average molecular weight is 264 g/mol. The Morgan fingerprint density at radius 1 is 0.850 bits per heavy atom. The smallest absolute Gasteiger partial charge is 0.131 e. The normalized spacial score (nSPS) is 11.8. The van der Waals surface area contributed by atoms with Gasteiger partial charge in [-0.1, -0.05) is 36.4 Å². The molecule has 0 saturated heterocycles. The molecule has 0 aliphatic rings. The Morgan fingerprint density at radius 3 is 2.35 bits per heavy atom. The van der Waals surface area contributed by atoms with E-state index in [-0.39, 0.29) is 5.82 Å². The topological polar surface area (TPSA) is 38.4 Å². The molecule has 0 unspecified atom stereocenters. The van der Waals surface area contributed by atoms with Crippen LogP contribution in [0.2, 0.25) is 0 Å². The molecule has 0 saturated carbocycles. The number of nitrogens with zero attached hydrogens (tertiary/aromatic N) is 1. The van der Waals surface area contributed by atoms with E-state index in [4.69, 9.17) is 5.73 Å². The van der Waals surface area contributed by atoms with E-state index < -0.39 is 0 Å². The second-order valence-electron chi connectivity index (χ2n) is 4.50. The summed E-state index contributed by atoms with van der Waals surface area (Å²) in [5.41, 5.74) is 7.51. The molecule has 0 atom stereocenters. The van der Waals surface area contributed by atoms with E-state index >= 15 is 0 Å². The van der Waals surface area contributed by atoms with Crippen LogP contribution in [0.4, 0.5) is 10.1 Å². The van der Waals surface area contributed by atoms with Crippen molar-refractivity contribution in [2.75, 3.05) is 0 Å². The summed E-state index contributed by atoms with van der Waals surface area (Å²) in [6.45, 7) is 0. The quantitative estimate of drug-likeness (QED) is 0.551. The highest BCUT2D eigenvalue weighted by atomic mass is 19.1. The fourth-order valence-corrected chi connectivity index (χ4v) is 2.12. The van der Waals surface area contributed by atoms with Crippen molar-refractivity contribution in [2.24, 2.45) is 10.7 Å². The van der Waals surface area contributed by atoms with Crippen molar-refractivity contribution in [3.8, 4) is 0 Å². The average Bonchev–Trinajstić information content (AvgIpc) is 2.48. The second-order valence-corrected chi connectivity index (χ2v) is 4.50. The Morgan fingerprint density at radius 2 is 1.55 bits per heavy atom. The van der Waals surface area contributed by atoms with Crippen LogP contribution in [-0.2, 0) is 0 Å². The first kappa shape index (κ1) is 12.4. The lowest BCUT2D eigenvalue weighted by atomic mass is 10.1. The number of hydrogen-bond donors (Lipinski definition) is 1. The number of nitrogens with two attached hydrogens (primary N) is 1. The van der Waals surface area contributed by atoms with Gasteiger partial charge in [0.15, 0.2) is 0 Å². The molecular weight excluding hydrogens is 251 g/mol. The molecule has 0 aliphatic carbocycles. The molecule has 2 nitrogen and oxygen atoms in total. The van der Waals surface area contributed by atoms with Crippen LogP contribution in [0.15, 0.2) is 71.7 Å². The van der Waals surface area contributed by atoms with E-state index in [0.717, 1.165) is 16.5 Å². The van der Waals surface area contributed by atoms with E-state index in [1.165, 1.54) is 12.1 Å². The first-order valence-electron chi connectivity index (χ1n) is 6.32. The van der Waals surface area contributed by atoms with Crippen LogP contribution in [0.3, 0.4) is 0 Å². The Kier molecular flexibility index (Phi) is 3.17. The van der Waals surface area contributed by atoms with Crippen LogP contribution in [0.25, 0.3) is 10.8 Å². The Balaban J connectivity index is 2.07. The van der Waals surface area contributed by atoms with Gasteiger partial charge in [-0.2, -0.15) is 0 Å². The molecule has 2 N–H and O–H groups in total. The van der Waals surface area contributed by atoms with Crippen LogP contribution in [0.5, 0.6) is 0 Å². The lowest BCUT2D eigenvalue weighted by molar-refractivity contribution is 0.628. The minimum atomic E-state index is -0.285. The van der Waals surface area contributed by atoms with Crippen LogP contribution in [-0.4, -0.2) is 5.84 Å². The highest BCUT2D eigenvalue weighted by Gasteiger charge is 2.02. The molecule has 98 valence electrons. The molecule has 0 fully saturated rings. The van der Waals surface area contributed by atoms with Crippen LogP contribution < -0.4 is 5.73 Å². The largest absolute Gasteiger partial charge is 0.383 e. The maximum Gasteiger partial charge on any atom is 0.131 e. The van der Waals surface area contributed by atoms with Crippen LogP contribution in [0.1, 0.15) is 5.56 Å². The zero-order chi connectivity index (χ0) is 13.9. The Bertz CT molecular complexity index is 771. The summed E-state index contributed by atoms with van der Waals surface area (Å²) in [5.74, 6) is 0.0908. The zero-order valence-corrected chi connectivity index (χ0v) is 10.8. The van der Waals surface area contributed by atoms with E-state index in [9.17, 15) is 4.39 Å². The number of aliphatic imine (C=N–C) groups is 1. The standard InChI is InChI=1S/C17H13FN2/c18-14-10-8-13(9-11-14)17(19)20-16-7-3-5-12-4-1-2-6-15(12)16/h1-11H,(H2,19,20). The summed E-state index contributed by atoms with van der Waals surface area (Å²) in [6, 6.07) is 19.9. The third-order valence-corrected chi connectivity index (χ3v) is 3.15. The number of halogens is 1. The third-order valence-electron chi connectivity index (χ3n) is 3.15. The van der Waals surface area contributed by atoms with E-state index in [2.05, 4.69) is 4.99 Å². The molecule has 0 aliphatic heterocycles. The van der Waals surface area contributed by atoms with Gasteiger partial charge < -0.3 is 5.73 Å². The maximum atomic E-state index is 12.9. The van der Waals surface area contributed by atoms with Gasteiger partial charge >= 0.3 is 0 Å². The lowest BCUT2D eigenvalue weighted by Gasteiger charge is -2.04. The Hall–Kier alpha value is -2.68. The van der Waals surface area contributed by atoms with E-state index in [0.29, 0.717) is 11.4 Å². The van der Waals surface area contributed by atoms with E-state index in [1.54, 1.807) is 12.1 Å². The van der Waals surface area contributed by atoms with Gasteiger partial charge in [-0.05, 0) is 35.7 Å². The van der Waals surface area contributed by atoms with Crippen molar-refractivity contribution in [3.05, 3.63) is 78.1 Å². The predicted octanol–water partition coefficient (Wildman–Crippen LogP) is 4.02. The number of amidine groups is 1. The van der Waals surface area contributed by atoms with Crippen molar-refractivity contribution in [3.63, 3.8) is 0 Å². The fourth-order valence-electron chi connectivity index (χ4n) is 2.12. The molecule has 3 heteroatoms. The molecule has 20 heavy (non-hydrogen) atoms. The van der Waals surface area contributed by atoms with Gasteiger partial charge in [0.25, 0.3) is 0 Å². The minimum absolute atomic E-state index is 0.285. The van der Waals surface area contributed by atoms with Gasteiger partial charge in [-0.3, -0.25) is 0 Å². The molecule has 3 aromatic carbocycles. The van der Waals surface area contributed by atoms with Crippen molar-refractivity contribution in [1.29, 1.82) is 0 Å². The molecule has 3 rings (SSSR count).